The summed E-state index contributed by atoms with van der Waals surface area (Å²) in [5.74, 6) is 0.307. The Morgan fingerprint density at radius 2 is 2.12 bits per heavy atom. The highest BCUT2D eigenvalue weighted by atomic mass is 35.5. The van der Waals surface area contributed by atoms with E-state index in [9.17, 15) is 4.79 Å². The number of rotatable bonds is 9. The highest BCUT2D eigenvalue weighted by Gasteiger charge is 2.14. The van der Waals surface area contributed by atoms with Crippen LogP contribution in [0.3, 0.4) is 0 Å². The summed E-state index contributed by atoms with van der Waals surface area (Å²) in [7, 11) is 0. The molecule has 0 atom stereocenters. The number of hydrogen-bond acceptors (Lipinski definition) is 9. The van der Waals surface area contributed by atoms with Gasteiger partial charge in [-0.1, -0.05) is 23.7 Å². The van der Waals surface area contributed by atoms with E-state index in [0.717, 1.165) is 50.7 Å². The van der Waals surface area contributed by atoms with E-state index in [1.807, 2.05) is 25.1 Å². The van der Waals surface area contributed by atoms with E-state index in [0.29, 0.717) is 33.9 Å². The van der Waals surface area contributed by atoms with Crippen molar-refractivity contribution >= 4 is 45.5 Å². The van der Waals surface area contributed by atoms with Gasteiger partial charge >= 0.3 is 0 Å². The second kappa shape index (κ2) is 11.5. The van der Waals surface area contributed by atoms with E-state index in [-0.39, 0.29) is 5.91 Å². The lowest BCUT2D eigenvalue weighted by Crippen LogP contribution is -2.40. The van der Waals surface area contributed by atoms with Crippen molar-refractivity contribution in [2.75, 3.05) is 50.0 Å². The summed E-state index contributed by atoms with van der Waals surface area (Å²) in [5, 5.41) is 12.2. The number of hydrogen-bond donors (Lipinski definition) is 3. The number of aromatic nitrogens is 3. The molecule has 0 aliphatic carbocycles. The van der Waals surface area contributed by atoms with E-state index < -0.39 is 0 Å². The first-order valence-corrected chi connectivity index (χ1v) is 11.9. The van der Waals surface area contributed by atoms with Gasteiger partial charge in [0.25, 0.3) is 5.91 Å². The fourth-order valence-electron chi connectivity index (χ4n) is 3.35. The average molecular weight is 488 g/mol. The lowest BCUT2D eigenvalue weighted by Gasteiger charge is -2.26. The number of carbonyl (C=O) groups is 1. The number of anilines is 3. The average Bonchev–Trinajstić information content (AvgIpc) is 3.29. The van der Waals surface area contributed by atoms with Crippen LogP contribution in [-0.4, -0.2) is 65.2 Å². The van der Waals surface area contributed by atoms with Crippen molar-refractivity contribution in [3.05, 3.63) is 57.9 Å². The Kier molecular flexibility index (Phi) is 8.19. The molecule has 1 aromatic carbocycles. The molecule has 9 nitrogen and oxygen atoms in total. The number of nitrogens with one attached hydrogen (secondary N) is 3. The maximum atomic E-state index is 12.6. The first-order valence-electron chi connectivity index (χ1n) is 10.7. The van der Waals surface area contributed by atoms with Crippen molar-refractivity contribution in [1.82, 2.24) is 25.2 Å². The van der Waals surface area contributed by atoms with Crippen LogP contribution in [0, 0.1) is 6.92 Å². The van der Waals surface area contributed by atoms with Gasteiger partial charge in [0, 0.05) is 44.2 Å². The normalized spacial score (nSPS) is 14.2. The van der Waals surface area contributed by atoms with Gasteiger partial charge in [-0.05, 0) is 18.6 Å². The number of para-hydroxylation sites is 1. The molecule has 1 fully saturated rings. The maximum Gasteiger partial charge on any atom is 0.275 e. The highest BCUT2D eigenvalue weighted by molar-refractivity contribution is 7.14. The van der Waals surface area contributed by atoms with Crippen molar-refractivity contribution in [3.8, 4) is 0 Å². The minimum absolute atomic E-state index is 0.306. The Morgan fingerprint density at radius 3 is 2.94 bits per heavy atom. The molecule has 1 aliphatic rings. The molecule has 1 amide bonds. The third-order valence-corrected chi connectivity index (χ3v) is 6.24. The van der Waals surface area contributed by atoms with Crippen LogP contribution in [0.25, 0.3) is 0 Å². The smallest absolute Gasteiger partial charge is 0.275 e. The zero-order valence-corrected chi connectivity index (χ0v) is 19.9. The predicted molar refractivity (Wildman–Crippen MR) is 131 cm³/mol. The molecule has 0 spiro atoms. The van der Waals surface area contributed by atoms with Crippen LogP contribution in [0.1, 0.15) is 21.7 Å². The number of amides is 1. The molecule has 3 aromatic rings. The number of benzene rings is 1. The van der Waals surface area contributed by atoms with Gasteiger partial charge in [-0.25, -0.2) is 15.0 Å². The van der Waals surface area contributed by atoms with Crippen LogP contribution in [0.2, 0.25) is 5.02 Å². The van der Waals surface area contributed by atoms with Gasteiger partial charge in [0.05, 0.1) is 29.6 Å². The standard InChI is InChI=1S/C22H26ClN7O2S/c1-15-3-2-4-17(23)20(15)29-21(31)18-13-33-22(27-18)28-19-11-16(25-14-26-19)12-24-5-6-30-7-9-32-10-8-30/h2-4,11,13-14,24H,5-10,12H2,1H3,(H,29,31)(H,25,26,27,28). The SMILES string of the molecule is Cc1cccc(Cl)c1NC(=O)c1csc(Nc2cc(CNCCN3CCOCC3)ncn2)n1. The maximum absolute atomic E-state index is 12.6. The Labute approximate surface area is 201 Å². The largest absolute Gasteiger partial charge is 0.379 e. The summed E-state index contributed by atoms with van der Waals surface area (Å²) < 4.78 is 5.37. The summed E-state index contributed by atoms with van der Waals surface area (Å²) in [4.78, 5) is 27.9. The van der Waals surface area contributed by atoms with Gasteiger partial charge in [0.2, 0.25) is 0 Å². The molecule has 33 heavy (non-hydrogen) atoms. The Hall–Kier alpha value is -2.63. The topological polar surface area (TPSA) is 104 Å². The van der Waals surface area contributed by atoms with Crippen LogP contribution in [0.4, 0.5) is 16.6 Å². The van der Waals surface area contributed by atoms with Gasteiger partial charge < -0.3 is 20.7 Å². The van der Waals surface area contributed by atoms with Gasteiger partial charge in [-0.3, -0.25) is 9.69 Å². The first-order chi connectivity index (χ1) is 16.1. The lowest BCUT2D eigenvalue weighted by molar-refractivity contribution is 0.0384. The molecule has 3 heterocycles. The van der Waals surface area contributed by atoms with Crippen LogP contribution < -0.4 is 16.0 Å². The molecule has 0 unspecified atom stereocenters. The molecule has 2 aromatic heterocycles. The summed E-state index contributed by atoms with van der Waals surface area (Å²) in [5.41, 5.74) is 2.66. The fourth-order valence-corrected chi connectivity index (χ4v) is 4.32. The fraction of sp³-hybridized carbons (Fsp3) is 0.364. The quantitative estimate of drug-likeness (QED) is 0.395. The van der Waals surface area contributed by atoms with Crippen LogP contribution in [-0.2, 0) is 11.3 Å². The van der Waals surface area contributed by atoms with Gasteiger partial charge in [-0.2, -0.15) is 0 Å². The van der Waals surface area contributed by atoms with Crippen molar-refractivity contribution < 1.29 is 9.53 Å². The van der Waals surface area contributed by atoms with Gasteiger partial charge in [-0.15, -0.1) is 11.3 Å². The lowest BCUT2D eigenvalue weighted by atomic mass is 10.2. The van der Waals surface area contributed by atoms with E-state index in [1.54, 1.807) is 11.4 Å². The molecule has 1 aliphatic heterocycles. The summed E-state index contributed by atoms with van der Waals surface area (Å²) in [6.45, 7) is 7.97. The Morgan fingerprint density at radius 1 is 1.27 bits per heavy atom. The van der Waals surface area contributed by atoms with Crippen LogP contribution in [0.15, 0.2) is 36.0 Å². The molecule has 1 saturated heterocycles. The monoisotopic (exact) mass is 487 g/mol. The van der Waals surface area contributed by atoms with Crippen molar-refractivity contribution in [2.24, 2.45) is 0 Å². The first kappa shape index (κ1) is 23.5. The number of halogens is 1. The molecule has 0 saturated carbocycles. The van der Waals surface area contributed by atoms with Crippen LogP contribution >= 0.6 is 22.9 Å². The number of ether oxygens (including phenoxy) is 1. The second-order valence-corrected chi connectivity index (χ2v) is 8.84. The van der Waals surface area contributed by atoms with Crippen molar-refractivity contribution in [2.45, 2.75) is 13.5 Å². The Balaban J connectivity index is 1.29. The van der Waals surface area contributed by atoms with E-state index in [1.165, 1.54) is 17.7 Å². The van der Waals surface area contributed by atoms with Crippen molar-refractivity contribution in [1.29, 1.82) is 0 Å². The van der Waals surface area contributed by atoms with E-state index >= 15 is 0 Å². The zero-order valence-electron chi connectivity index (χ0n) is 18.3. The van der Waals surface area contributed by atoms with Gasteiger partial charge in [0.1, 0.15) is 17.8 Å². The van der Waals surface area contributed by atoms with Crippen LogP contribution in [0.5, 0.6) is 0 Å². The molecular weight excluding hydrogens is 462 g/mol. The third-order valence-electron chi connectivity index (χ3n) is 5.17. The van der Waals surface area contributed by atoms with E-state index in [4.69, 9.17) is 16.3 Å². The number of nitrogens with zero attached hydrogens (tertiary/aromatic N) is 4. The number of aryl methyl sites for hydroxylation is 1. The molecular formula is C22H26ClN7O2S. The molecule has 4 rings (SSSR count). The highest BCUT2D eigenvalue weighted by Crippen LogP contribution is 2.26. The van der Waals surface area contributed by atoms with Crippen molar-refractivity contribution in [3.63, 3.8) is 0 Å². The third kappa shape index (κ3) is 6.68. The van der Waals surface area contributed by atoms with Gasteiger partial charge in [0.15, 0.2) is 5.13 Å². The second-order valence-electron chi connectivity index (χ2n) is 7.57. The molecule has 11 heteroatoms. The molecule has 0 bridgehead atoms. The minimum Gasteiger partial charge on any atom is -0.379 e. The van der Waals surface area contributed by atoms with E-state index in [2.05, 4.69) is 35.8 Å². The summed E-state index contributed by atoms with van der Waals surface area (Å²) in [6.07, 6.45) is 1.52. The Bertz CT molecular complexity index is 1070. The summed E-state index contributed by atoms with van der Waals surface area (Å²) >= 11 is 7.53. The number of morpholine rings is 1. The summed E-state index contributed by atoms with van der Waals surface area (Å²) in [6, 6.07) is 7.34. The molecule has 174 valence electrons. The number of thiazole rings is 1. The molecule has 0 radical (unpaired) electrons. The number of carbonyl (C=O) groups excluding carboxylic acids is 1. The predicted octanol–water partition coefficient (Wildman–Crippen LogP) is 3.31. The molecule has 3 N–H and O–H groups in total. The minimum atomic E-state index is -0.316. The zero-order chi connectivity index (χ0) is 23.0.